The van der Waals surface area contributed by atoms with E-state index in [9.17, 15) is 4.79 Å². The standard InChI is InChI=1S/C14H23N3OS/c1-4-12(13-15-7-9-19-13)17-8-5-6-11(14(17)18)16-10(2)3/h7,9-12,16H,4-6,8H2,1-3H3. The summed E-state index contributed by atoms with van der Waals surface area (Å²) in [6, 6.07) is 0.459. The van der Waals surface area contributed by atoms with Crippen LogP contribution >= 0.6 is 11.3 Å². The summed E-state index contributed by atoms with van der Waals surface area (Å²) in [5.41, 5.74) is 0. The molecule has 1 aromatic heterocycles. The van der Waals surface area contributed by atoms with E-state index in [2.05, 4.69) is 31.1 Å². The molecule has 0 radical (unpaired) electrons. The molecule has 0 aromatic carbocycles. The zero-order chi connectivity index (χ0) is 13.8. The zero-order valence-corrected chi connectivity index (χ0v) is 12.7. The van der Waals surface area contributed by atoms with Gasteiger partial charge in [0, 0.05) is 24.2 Å². The molecule has 1 aliphatic heterocycles. The molecule has 1 amide bonds. The number of likely N-dealkylation sites (tertiary alicyclic amines) is 1. The van der Waals surface area contributed by atoms with Gasteiger partial charge < -0.3 is 10.2 Å². The van der Waals surface area contributed by atoms with E-state index in [1.54, 1.807) is 11.3 Å². The molecule has 1 aromatic rings. The first-order valence-electron chi connectivity index (χ1n) is 7.09. The molecule has 1 N–H and O–H groups in total. The molecule has 0 aliphatic carbocycles. The van der Waals surface area contributed by atoms with Gasteiger partial charge in [0.15, 0.2) is 0 Å². The van der Waals surface area contributed by atoms with Gasteiger partial charge in [-0.05, 0) is 19.3 Å². The van der Waals surface area contributed by atoms with Gasteiger partial charge in [-0.3, -0.25) is 4.79 Å². The Morgan fingerprint density at radius 1 is 1.58 bits per heavy atom. The van der Waals surface area contributed by atoms with Gasteiger partial charge in [-0.15, -0.1) is 11.3 Å². The van der Waals surface area contributed by atoms with E-state index in [-0.39, 0.29) is 18.0 Å². The summed E-state index contributed by atoms with van der Waals surface area (Å²) in [6.07, 6.45) is 4.76. The monoisotopic (exact) mass is 281 g/mol. The summed E-state index contributed by atoms with van der Waals surface area (Å²) < 4.78 is 0. The number of carbonyl (C=O) groups is 1. The molecule has 0 saturated carbocycles. The van der Waals surface area contributed by atoms with Crippen molar-refractivity contribution in [3.8, 4) is 0 Å². The summed E-state index contributed by atoms with van der Waals surface area (Å²) in [5.74, 6) is 0.238. The molecule has 2 rings (SSSR count). The van der Waals surface area contributed by atoms with Crippen LogP contribution in [0.25, 0.3) is 0 Å². The maximum atomic E-state index is 12.6. The maximum absolute atomic E-state index is 12.6. The summed E-state index contributed by atoms with van der Waals surface area (Å²) >= 11 is 1.64. The van der Waals surface area contributed by atoms with E-state index in [1.165, 1.54) is 0 Å². The highest BCUT2D eigenvalue weighted by molar-refractivity contribution is 7.09. The smallest absolute Gasteiger partial charge is 0.240 e. The highest BCUT2D eigenvalue weighted by Gasteiger charge is 2.34. The van der Waals surface area contributed by atoms with E-state index in [4.69, 9.17) is 0 Å². The lowest BCUT2D eigenvalue weighted by molar-refractivity contribution is -0.139. The van der Waals surface area contributed by atoms with Gasteiger partial charge in [0.2, 0.25) is 5.91 Å². The summed E-state index contributed by atoms with van der Waals surface area (Å²) in [5, 5.41) is 6.42. The third-order valence-corrected chi connectivity index (χ3v) is 4.38. The molecule has 5 heteroatoms. The first kappa shape index (κ1) is 14.5. The fourth-order valence-electron chi connectivity index (χ4n) is 2.69. The van der Waals surface area contributed by atoms with Gasteiger partial charge in [-0.25, -0.2) is 4.98 Å². The number of nitrogens with one attached hydrogen (secondary N) is 1. The molecule has 2 atom stereocenters. The van der Waals surface area contributed by atoms with Crippen molar-refractivity contribution in [2.45, 2.75) is 58.2 Å². The summed E-state index contributed by atoms with van der Waals surface area (Å²) in [4.78, 5) is 19.0. The topological polar surface area (TPSA) is 45.2 Å². The lowest BCUT2D eigenvalue weighted by atomic mass is 10.0. The van der Waals surface area contributed by atoms with Crippen LogP contribution in [0.5, 0.6) is 0 Å². The van der Waals surface area contributed by atoms with Crippen LogP contribution in [0.3, 0.4) is 0 Å². The van der Waals surface area contributed by atoms with Gasteiger partial charge in [0.25, 0.3) is 0 Å². The number of rotatable bonds is 5. The quantitative estimate of drug-likeness (QED) is 0.902. The summed E-state index contributed by atoms with van der Waals surface area (Å²) in [7, 11) is 0. The van der Waals surface area contributed by atoms with Crippen molar-refractivity contribution in [1.82, 2.24) is 15.2 Å². The van der Waals surface area contributed by atoms with E-state index in [0.717, 1.165) is 30.8 Å². The second kappa shape index (κ2) is 6.48. The third-order valence-electron chi connectivity index (χ3n) is 3.51. The highest BCUT2D eigenvalue weighted by atomic mass is 32.1. The maximum Gasteiger partial charge on any atom is 0.240 e. The van der Waals surface area contributed by atoms with Crippen LogP contribution in [0.4, 0.5) is 0 Å². The Morgan fingerprint density at radius 2 is 2.37 bits per heavy atom. The van der Waals surface area contributed by atoms with Crippen LogP contribution in [-0.4, -0.2) is 34.4 Å². The molecule has 106 valence electrons. The first-order chi connectivity index (χ1) is 9.13. The first-order valence-corrected chi connectivity index (χ1v) is 7.97. The van der Waals surface area contributed by atoms with Crippen molar-refractivity contribution >= 4 is 17.2 Å². The Labute approximate surface area is 119 Å². The van der Waals surface area contributed by atoms with Crippen LogP contribution in [0.2, 0.25) is 0 Å². The fraction of sp³-hybridized carbons (Fsp3) is 0.714. The Morgan fingerprint density at radius 3 is 2.95 bits per heavy atom. The molecule has 2 heterocycles. The van der Waals surface area contributed by atoms with Gasteiger partial charge in [-0.1, -0.05) is 20.8 Å². The van der Waals surface area contributed by atoms with Crippen molar-refractivity contribution in [2.75, 3.05) is 6.54 Å². The van der Waals surface area contributed by atoms with Gasteiger partial charge >= 0.3 is 0 Å². The number of hydrogen-bond acceptors (Lipinski definition) is 4. The van der Waals surface area contributed by atoms with Crippen LogP contribution in [0.15, 0.2) is 11.6 Å². The van der Waals surface area contributed by atoms with Gasteiger partial charge in [-0.2, -0.15) is 0 Å². The van der Waals surface area contributed by atoms with Crippen molar-refractivity contribution in [3.05, 3.63) is 16.6 Å². The van der Waals surface area contributed by atoms with Crippen molar-refractivity contribution in [1.29, 1.82) is 0 Å². The van der Waals surface area contributed by atoms with Crippen molar-refractivity contribution in [2.24, 2.45) is 0 Å². The number of hydrogen-bond donors (Lipinski definition) is 1. The lowest BCUT2D eigenvalue weighted by Crippen LogP contribution is -2.53. The molecule has 19 heavy (non-hydrogen) atoms. The van der Waals surface area contributed by atoms with Crippen LogP contribution in [0, 0.1) is 0 Å². The molecule has 0 spiro atoms. The number of piperidine rings is 1. The van der Waals surface area contributed by atoms with E-state index in [1.807, 2.05) is 16.5 Å². The van der Waals surface area contributed by atoms with E-state index < -0.39 is 0 Å². The normalized spacial score (nSPS) is 22.0. The van der Waals surface area contributed by atoms with Crippen molar-refractivity contribution < 1.29 is 4.79 Å². The molecule has 1 aliphatic rings. The van der Waals surface area contributed by atoms with Crippen LogP contribution in [-0.2, 0) is 4.79 Å². The molecule has 4 nitrogen and oxygen atoms in total. The number of carbonyl (C=O) groups excluding carboxylic acids is 1. The lowest BCUT2D eigenvalue weighted by Gasteiger charge is -2.37. The van der Waals surface area contributed by atoms with Crippen molar-refractivity contribution in [3.63, 3.8) is 0 Å². The minimum Gasteiger partial charge on any atom is -0.332 e. The van der Waals surface area contributed by atoms with E-state index >= 15 is 0 Å². The second-order valence-corrected chi connectivity index (χ2v) is 6.27. The SMILES string of the molecule is CCC(c1nccs1)N1CCCC(NC(C)C)C1=O. The Balaban J connectivity index is 2.12. The Kier molecular flexibility index (Phi) is 4.93. The number of aromatic nitrogens is 1. The molecule has 1 saturated heterocycles. The molecule has 2 unspecified atom stereocenters. The Hall–Kier alpha value is -0.940. The molecule has 1 fully saturated rings. The molecular formula is C14H23N3OS. The third kappa shape index (κ3) is 3.34. The number of thiazole rings is 1. The highest BCUT2D eigenvalue weighted by Crippen LogP contribution is 2.29. The predicted molar refractivity (Wildman–Crippen MR) is 78.2 cm³/mol. The number of nitrogens with zero attached hydrogens (tertiary/aromatic N) is 2. The molecular weight excluding hydrogens is 258 g/mol. The van der Waals surface area contributed by atoms with E-state index in [0.29, 0.717) is 6.04 Å². The minimum atomic E-state index is -0.0252. The largest absolute Gasteiger partial charge is 0.332 e. The Bertz CT molecular complexity index is 405. The predicted octanol–water partition coefficient (Wildman–Crippen LogP) is 2.58. The summed E-state index contributed by atoms with van der Waals surface area (Å²) in [6.45, 7) is 7.15. The average molecular weight is 281 g/mol. The van der Waals surface area contributed by atoms with Crippen LogP contribution < -0.4 is 5.32 Å². The number of amides is 1. The molecule has 0 bridgehead atoms. The van der Waals surface area contributed by atoms with Gasteiger partial charge in [0.1, 0.15) is 5.01 Å². The van der Waals surface area contributed by atoms with Gasteiger partial charge in [0.05, 0.1) is 12.1 Å². The zero-order valence-electron chi connectivity index (χ0n) is 11.9. The second-order valence-electron chi connectivity index (χ2n) is 5.34. The van der Waals surface area contributed by atoms with Crippen LogP contribution in [0.1, 0.15) is 51.1 Å². The fourth-order valence-corrected chi connectivity index (χ4v) is 3.53. The minimum absolute atomic E-state index is 0.0252. The average Bonchev–Trinajstić information content (AvgIpc) is 2.88.